The minimum atomic E-state index is -0.203. The van der Waals surface area contributed by atoms with Crippen LogP contribution in [0.1, 0.15) is 36.2 Å². The van der Waals surface area contributed by atoms with Crippen LogP contribution in [0.15, 0.2) is 60.4 Å². The summed E-state index contributed by atoms with van der Waals surface area (Å²) in [5, 5.41) is 5.70. The van der Waals surface area contributed by atoms with Gasteiger partial charge in [-0.3, -0.25) is 14.6 Å². The van der Waals surface area contributed by atoms with Crippen molar-refractivity contribution in [1.82, 2.24) is 10.3 Å². The van der Waals surface area contributed by atoms with Gasteiger partial charge in [-0.15, -0.1) is 0 Å². The molecule has 0 bridgehead atoms. The van der Waals surface area contributed by atoms with Crippen molar-refractivity contribution in [2.45, 2.75) is 26.8 Å². The number of nitrogens with one attached hydrogen (secondary N) is 2. The molecule has 2 rings (SSSR count). The van der Waals surface area contributed by atoms with Crippen LogP contribution in [-0.2, 0) is 11.3 Å². The van der Waals surface area contributed by atoms with E-state index in [2.05, 4.69) is 15.6 Å². The third-order valence-corrected chi connectivity index (χ3v) is 3.57. The maximum atomic E-state index is 12.1. The molecule has 1 aromatic carbocycles. The van der Waals surface area contributed by atoms with Crippen molar-refractivity contribution in [3.8, 4) is 0 Å². The van der Waals surface area contributed by atoms with Gasteiger partial charge in [0.15, 0.2) is 0 Å². The highest BCUT2D eigenvalue weighted by molar-refractivity contribution is 6.00. The molecule has 5 heteroatoms. The molecule has 0 aliphatic carbocycles. The second kappa shape index (κ2) is 8.62. The van der Waals surface area contributed by atoms with Crippen LogP contribution < -0.4 is 10.6 Å². The maximum absolute atomic E-state index is 12.1. The molecule has 2 amide bonds. The molecular weight excluding hydrogens is 302 g/mol. The van der Waals surface area contributed by atoms with Crippen molar-refractivity contribution in [2.75, 3.05) is 5.32 Å². The topological polar surface area (TPSA) is 71.1 Å². The summed E-state index contributed by atoms with van der Waals surface area (Å²) in [7, 11) is 0. The lowest BCUT2D eigenvalue weighted by atomic mass is 10.1. The zero-order chi connectivity index (χ0) is 17.4. The minimum Gasteiger partial charge on any atom is -0.348 e. The molecule has 124 valence electrons. The lowest BCUT2D eigenvalue weighted by molar-refractivity contribution is -0.112. The molecule has 0 aliphatic heterocycles. The largest absolute Gasteiger partial charge is 0.348 e. The highest BCUT2D eigenvalue weighted by atomic mass is 16.2. The van der Waals surface area contributed by atoms with Crippen molar-refractivity contribution in [2.24, 2.45) is 0 Å². The number of allylic oxidation sites excluding steroid dienone is 1. The Morgan fingerprint density at radius 2 is 1.96 bits per heavy atom. The van der Waals surface area contributed by atoms with Gasteiger partial charge in [0.25, 0.3) is 5.91 Å². The Labute approximate surface area is 141 Å². The zero-order valence-electron chi connectivity index (χ0n) is 13.9. The van der Waals surface area contributed by atoms with Gasteiger partial charge in [0.2, 0.25) is 5.91 Å². The van der Waals surface area contributed by atoms with E-state index in [0.717, 1.165) is 17.6 Å². The fraction of sp³-hybridized carbons (Fsp3) is 0.211. The van der Waals surface area contributed by atoms with Gasteiger partial charge in [-0.1, -0.05) is 30.7 Å². The summed E-state index contributed by atoms with van der Waals surface area (Å²) in [5.74, 6) is -0.369. The number of anilines is 1. The molecule has 24 heavy (non-hydrogen) atoms. The highest BCUT2D eigenvalue weighted by Crippen LogP contribution is 2.15. The standard InChI is InChI=1S/C19H21N3O2/c1-3-14(2)11-18(23)22-17-9-5-4-7-15(17)13-21-19(24)16-8-6-10-20-12-16/h4-12H,3,13H2,1-2H3,(H,21,24)(H,22,23)/b14-11+. The first-order chi connectivity index (χ1) is 11.6. The number of nitrogens with zero attached hydrogens (tertiary/aromatic N) is 1. The van der Waals surface area contributed by atoms with E-state index in [1.165, 1.54) is 6.20 Å². The first-order valence-corrected chi connectivity index (χ1v) is 7.84. The quantitative estimate of drug-likeness (QED) is 0.801. The first kappa shape index (κ1) is 17.4. The van der Waals surface area contributed by atoms with E-state index in [-0.39, 0.29) is 11.8 Å². The Hall–Kier alpha value is -2.95. The molecule has 2 N–H and O–H groups in total. The number of para-hydroxylation sites is 1. The van der Waals surface area contributed by atoms with Crippen LogP contribution in [0.5, 0.6) is 0 Å². The number of amides is 2. The molecule has 1 heterocycles. The molecule has 5 nitrogen and oxygen atoms in total. The van der Waals surface area contributed by atoms with Crippen LogP contribution in [0.2, 0.25) is 0 Å². The number of carbonyl (C=O) groups excluding carboxylic acids is 2. The summed E-state index contributed by atoms with van der Waals surface area (Å²) in [4.78, 5) is 28.0. The molecule has 0 saturated carbocycles. The average Bonchev–Trinajstić information content (AvgIpc) is 2.61. The van der Waals surface area contributed by atoms with Gasteiger partial charge >= 0.3 is 0 Å². The van der Waals surface area contributed by atoms with E-state index in [4.69, 9.17) is 0 Å². The van der Waals surface area contributed by atoms with Crippen LogP contribution in [-0.4, -0.2) is 16.8 Å². The number of rotatable bonds is 6. The summed E-state index contributed by atoms with van der Waals surface area (Å²) in [6.07, 6.45) is 5.55. The molecule has 1 aromatic heterocycles. The lowest BCUT2D eigenvalue weighted by Gasteiger charge is -2.11. The van der Waals surface area contributed by atoms with E-state index in [9.17, 15) is 9.59 Å². The van der Waals surface area contributed by atoms with Crippen LogP contribution in [0.3, 0.4) is 0 Å². The van der Waals surface area contributed by atoms with Crippen LogP contribution in [0, 0.1) is 0 Å². The Morgan fingerprint density at radius 1 is 1.17 bits per heavy atom. The van der Waals surface area contributed by atoms with E-state index in [1.807, 2.05) is 38.1 Å². The third-order valence-electron chi connectivity index (χ3n) is 3.57. The van der Waals surface area contributed by atoms with Gasteiger partial charge in [-0.25, -0.2) is 0 Å². The molecule has 0 saturated heterocycles. The summed E-state index contributed by atoms with van der Waals surface area (Å²) >= 11 is 0. The predicted octanol–water partition coefficient (Wildman–Crippen LogP) is 3.31. The van der Waals surface area contributed by atoms with Gasteiger partial charge in [0.1, 0.15) is 0 Å². The molecule has 0 fully saturated rings. The van der Waals surface area contributed by atoms with Crippen molar-refractivity contribution in [1.29, 1.82) is 0 Å². The van der Waals surface area contributed by atoms with Gasteiger partial charge in [-0.2, -0.15) is 0 Å². The molecule has 0 radical (unpaired) electrons. The van der Waals surface area contributed by atoms with Gasteiger partial charge in [0.05, 0.1) is 5.56 Å². The minimum absolute atomic E-state index is 0.166. The molecule has 0 spiro atoms. The van der Waals surface area contributed by atoms with Crippen LogP contribution in [0.4, 0.5) is 5.69 Å². The van der Waals surface area contributed by atoms with Crippen molar-refractivity contribution < 1.29 is 9.59 Å². The number of carbonyl (C=O) groups is 2. The SMILES string of the molecule is CC/C(C)=C/C(=O)Nc1ccccc1CNC(=O)c1cccnc1. The van der Waals surface area contributed by atoms with Crippen molar-refractivity contribution in [3.63, 3.8) is 0 Å². The van der Waals surface area contributed by atoms with E-state index >= 15 is 0 Å². The smallest absolute Gasteiger partial charge is 0.253 e. The Kier molecular flexibility index (Phi) is 6.25. The lowest BCUT2D eigenvalue weighted by Crippen LogP contribution is -2.23. The fourth-order valence-electron chi connectivity index (χ4n) is 2.07. The Morgan fingerprint density at radius 3 is 2.67 bits per heavy atom. The molecule has 0 aliphatic rings. The monoisotopic (exact) mass is 323 g/mol. The van der Waals surface area contributed by atoms with Gasteiger partial charge < -0.3 is 10.6 Å². The zero-order valence-corrected chi connectivity index (χ0v) is 13.9. The third kappa shape index (κ3) is 5.05. The normalized spacial score (nSPS) is 11.0. The second-order valence-electron chi connectivity index (χ2n) is 5.42. The Bertz CT molecular complexity index is 739. The van der Waals surface area contributed by atoms with E-state index in [1.54, 1.807) is 24.4 Å². The summed E-state index contributed by atoms with van der Waals surface area (Å²) in [6.45, 7) is 4.24. The van der Waals surface area contributed by atoms with Crippen molar-refractivity contribution >= 4 is 17.5 Å². The van der Waals surface area contributed by atoms with Gasteiger partial charge in [0, 0.05) is 30.7 Å². The van der Waals surface area contributed by atoms with Crippen LogP contribution in [0.25, 0.3) is 0 Å². The molecule has 0 atom stereocenters. The second-order valence-corrected chi connectivity index (χ2v) is 5.42. The van der Waals surface area contributed by atoms with E-state index in [0.29, 0.717) is 17.8 Å². The maximum Gasteiger partial charge on any atom is 0.253 e. The summed E-state index contributed by atoms with van der Waals surface area (Å²) in [5.41, 5.74) is 3.04. The molecular formula is C19H21N3O2. The van der Waals surface area contributed by atoms with E-state index < -0.39 is 0 Å². The Balaban J connectivity index is 2.04. The predicted molar refractivity (Wildman–Crippen MR) is 94.5 cm³/mol. The number of hydrogen-bond donors (Lipinski definition) is 2. The number of hydrogen-bond acceptors (Lipinski definition) is 3. The fourth-order valence-corrected chi connectivity index (χ4v) is 2.07. The molecule has 2 aromatic rings. The summed E-state index contributed by atoms with van der Waals surface area (Å²) < 4.78 is 0. The first-order valence-electron chi connectivity index (χ1n) is 7.84. The number of pyridine rings is 1. The summed E-state index contributed by atoms with van der Waals surface area (Å²) in [6, 6.07) is 10.8. The number of aromatic nitrogens is 1. The average molecular weight is 323 g/mol. The highest BCUT2D eigenvalue weighted by Gasteiger charge is 2.08. The molecule has 0 unspecified atom stereocenters. The van der Waals surface area contributed by atoms with Crippen molar-refractivity contribution in [3.05, 3.63) is 71.6 Å². The van der Waals surface area contributed by atoms with Crippen LogP contribution >= 0.6 is 0 Å². The number of benzene rings is 1. The van der Waals surface area contributed by atoms with Gasteiger partial charge in [-0.05, 0) is 37.1 Å².